The van der Waals surface area contributed by atoms with Gasteiger partial charge in [0.1, 0.15) is 5.82 Å². The summed E-state index contributed by atoms with van der Waals surface area (Å²) < 4.78 is 0. The normalized spacial score (nSPS) is 21.2. The SMILES string of the molecule is CCN1CCCC1CN(C)c1ccccn1. The molecule has 1 unspecified atom stereocenters. The monoisotopic (exact) mass is 219 g/mol. The third-order valence-electron chi connectivity index (χ3n) is 3.43. The van der Waals surface area contributed by atoms with Gasteiger partial charge in [0, 0.05) is 25.8 Å². The highest BCUT2D eigenvalue weighted by Crippen LogP contribution is 2.19. The van der Waals surface area contributed by atoms with Crippen molar-refractivity contribution in [3.63, 3.8) is 0 Å². The second kappa shape index (κ2) is 5.30. The largest absolute Gasteiger partial charge is 0.358 e. The Kier molecular flexibility index (Phi) is 3.78. The van der Waals surface area contributed by atoms with Gasteiger partial charge >= 0.3 is 0 Å². The lowest BCUT2D eigenvalue weighted by atomic mass is 10.2. The molecule has 0 aromatic carbocycles. The summed E-state index contributed by atoms with van der Waals surface area (Å²) in [5.74, 6) is 1.07. The Balaban J connectivity index is 1.94. The van der Waals surface area contributed by atoms with Crippen LogP contribution in [0, 0.1) is 0 Å². The lowest BCUT2D eigenvalue weighted by molar-refractivity contribution is 0.270. The van der Waals surface area contributed by atoms with Crippen molar-refractivity contribution in [1.29, 1.82) is 0 Å². The van der Waals surface area contributed by atoms with Gasteiger partial charge in [0.2, 0.25) is 0 Å². The lowest BCUT2D eigenvalue weighted by Crippen LogP contribution is -2.38. The Morgan fingerprint density at radius 2 is 2.38 bits per heavy atom. The van der Waals surface area contributed by atoms with E-state index in [-0.39, 0.29) is 0 Å². The van der Waals surface area contributed by atoms with Crippen LogP contribution in [0.2, 0.25) is 0 Å². The molecule has 0 bridgehead atoms. The molecule has 1 aliphatic rings. The van der Waals surface area contributed by atoms with Gasteiger partial charge in [0.25, 0.3) is 0 Å². The van der Waals surface area contributed by atoms with Gasteiger partial charge in [-0.05, 0) is 38.1 Å². The number of likely N-dealkylation sites (N-methyl/N-ethyl adjacent to an activating group) is 2. The van der Waals surface area contributed by atoms with Crippen molar-refractivity contribution in [3.8, 4) is 0 Å². The number of hydrogen-bond donors (Lipinski definition) is 0. The number of rotatable bonds is 4. The van der Waals surface area contributed by atoms with Crippen LogP contribution in [-0.2, 0) is 0 Å². The maximum atomic E-state index is 4.38. The fraction of sp³-hybridized carbons (Fsp3) is 0.615. The molecule has 0 saturated carbocycles. The summed E-state index contributed by atoms with van der Waals surface area (Å²) in [6.45, 7) is 5.77. The maximum absolute atomic E-state index is 4.38. The molecule has 3 heteroatoms. The van der Waals surface area contributed by atoms with Crippen LogP contribution in [0.3, 0.4) is 0 Å². The van der Waals surface area contributed by atoms with Crippen LogP contribution in [0.1, 0.15) is 19.8 Å². The highest BCUT2D eigenvalue weighted by Gasteiger charge is 2.24. The van der Waals surface area contributed by atoms with E-state index in [0.29, 0.717) is 6.04 Å². The Labute approximate surface area is 98.1 Å². The fourth-order valence-electron chi connectivity index (χ4n) is 2.51. The predicted molar refractivity (Wildman–Crippen MR) is 67.8 cm³/mol. The van der Waals surface area contributed by atoms with Crippen LogP contribution < -0.4 is 4.90 Å². The minimum absolute atomic E-state index is 0.706. The topological polar surface area (TPSA) is 19.4 Å². The number of aromatic nitrogens is 1. The third kappa shape index (κ3) is 2.53. The fourth-order valence-corrected chi connectivity index (χ4v) is 2.51. The minimum atomic E-state index is 0.706. The molecule has 1 aliphatic heterocycles. The van der Waals surface area contributed by atoms with Crippen molar-refractivity contribution >= 4 is 5.82 Å². The molecule has 0 radical (unpaired) electrons. The van der Waals surface area contributed by atoms with Crippen LogP contribution in [0.25, 0.3) is 0 Å². The van der Waals surface area contributed by atoms with E-state index in [4.69, 9.17) is 0 Å². The number of pyridine rings is 1. The summed E-state index contributed by atoms with van der Waals surface area (Å²) in [6, 6.07) is 6.79. The molecule has 1 aromatic heterocycles. The molecule has 0 N–H and O–H groups in total. The molecule has 0 amide bonds. The quantitative estimate of drug-likeness (QED) is 0.772. The molecule has 3 nitrogen and oxygen atoms in total. The van der Waals surface area contributed by atoms with E-state index in [1.54, 1.807) is 0 Å². The summed E-state index contributed by atoms with van der Waals surface area (Å²) in [4.78, 5) is 9.21. The molecule has 1 saturated heterocycles. The van der Waals surface area contributed by atoms with Crippen LogP contribution in [0.5, 0.6) is 0 Å². The lowest BCUT2D eigenvalue weighted by Gasteiger charge is -2.28. The van der Waals surface area contributed by atoms with E-state index in [1.165, 1.54) is 25.9 Å². The van der Waals surface area contributed by atoms with Crippen LogP contribution in [0.15, 0.2) is 24.4 Å². The molecule has 88 valence electrons. The molecule has 0 aliphatic carbocycles. The van der Waals surface area contributed by atoms with E-state index in [0.717, 1.165) is 12.4 Å². The van der Waals surface area contributed by atoms with Gasteiger partial charge in [0.05, 0.1) is 0 Å². The average Bonchev–Trinajstić information content (AvgIpc) is 2.77. The molecule has 1 fully saturated rings. The van der Waals surface area contributed by atoms with E-state index in [2.05, 4.69) is 34.8 Å². The third-order valence-corrected chi connectivity index (χ3v) is 3.43. The van der Waals surface area contributed by atoms with Crippen LogP contribution in [-0.4, -0.2) is 42.6 Å². The molecule has 16 heavy (non-hydrogen) atoms. The summed E-state index contributed by atoms with van der Waals surface area (Å²) in [6.07, 6.45) is 4.53. The van der Waals surface area contributed by atoms with E-state index >= 15 is 0 Å². The Hall–Kier alpha value is -1.09. The van der Waals surface area contributed by atoms with Gasteiger partial charge in [-0.1, -0.05) is 13.0 Å². The van der Waals surface area contributed by atoms with Crippen molar-refractivity contribution < 1.29 is 0 Å². The number of nitrogens with zero attached hydrogens (tertiary/aromatic N) is 3. The van der Waals surface area contributed by atoms with Crippen LogP contribution >= 0.6 is 0 Å². The highest BCUT2D eigenvalue weighted by molar-refractivity contribution is 5.36. The highest BCUT2D eigenvalue weighted by atomic mass is 15.2. The zero-order valence-electron chi connectivity index (χ0n) is 10.3. The average molecular weight is 219 g/mol. The first kappa shape index (κ1) is 11.4. The summed E-state index contributed by atoms with van der Waals surface area (Å²) >= 11 is 0. The van der Waals surface area contributed by atoms with Crippen molar-refractivity contribution in [2.75, 3.05) is 31.6 Å². The van der Waals surface area contributed by atoms with Crippen molar-refractivity contribution in [3.05, 3.63) is 24.4 Å². The molecule has 0 spiro atoms. The van der Waals surface area contributed by atoms with Crippen LogP contribution in [0.4, 0.5) is 5.82 Å². The van der Waals surface area contributed by atoms with Crippen molar-refractivity contribution in [1.82, 2.24) is 9.88 Å². The minimum Gasteiger partial charge on any atom is -0.358 e. The summed E-state index contributed by atoms with van der Waals surface area (Å²) in [5, 5.41) is 0. The first-order valence-corrected chi connectivity index (χ1v) is 6.17. The second-order valence-electron chi connectivity index (χ2n) is 4.49. The van der Waals surface area contributed by atoms with Gasteiger partial charge in [-0.3, -0.25) is 4.90 Å². The zero-order chi connectivity index (χ0) is 11.4. The Bertz CT molecular complexity index is 312. The molecule has 2 rings (SSSR count). The van der Waals surface area contributed by atoms with Gasteiger partial charge in [0.15, 0.2) is 0 Å². The van der Waals surface area contributed by atoms with Gasteiger partial charge in [-0.2, -0.15) is 0 Å². The van der Waals surface area contributed by atoms with Gasteiger partial charge in [-0.15, -0.1) is 0 Å². The predicted octanol–water partition coefficient (Wildman–Crippen LogP) is 2.00. The first-order valence-electron chi connectivity index (χ1n) is 6.17. The zero-order valence-corrected chi connectivity index (χ0v) is 10.3. The summed E-state index contributed by atoms with van der Waals surface area (Å²) in [5.41, 5.74) is 0. The molecular formula is C13H21N3. The van der Waals surface area contributed by atoms with E-state index in [1.807, 2.05) is 18.3 Å². The molecule has 1 atom stereocenters. The standard InChI is InChI=1S/C13H21N3/c1-3-16-10-6-7-12(16)11-15(2)13-8-4-5-9-14-13/h4-5,8-9,12H,3,6-7,10-11H2,1-2H3. The Morgan fingerprint density at radius 3 is 3.06 bits per heavy atom. The Morgan fingerprint density at radius 1 is 1.50 bits per heavy atom. The van der Waals surface area contributed by atoms with Crippen molar-refractivity contribution in [2.24, 2.45) is 0 Å². The second-order valence-corrected chi connectivity index (χ2v) is 4.49. The molecule has 2 heterocycles. The van der Waals surface area contributed by atoms with Crippen molar-refractivity contribution in [2.45, 2.75) is 25.8 Å². The number of hydrogen-bond acceptors (Lipinski definition) is 3. The molecule has 1 aromatic rings. The molecular weight excluding hydrogens is 198 g/mol. The van der Waals surface area contributed by atoms with Gasteiger partial charge < -0.3 is 4.90 Å². The number of likely N-dealkylation sites (tertiary alicyclic amines) is 1. The van der Waals surface area contributed by atoms with E-state index in [9.17, 15) is 0 Å². The van der Waals surface area contributed by atoms with E-state index < -0.39 is 0 Å². The summed E-state index contributed by atoms with van der Waals surface area (Å²) in [7, 11) is 2.13. The number of anilines is 1. The van der Waals surface area contributed by atoms with Gasteiger partial charge in [-0.25, -0.2) is 4.98 Å². The maximum Gasteiger partial charge on any atom is 0.128 e. The first-order chi connectivity index (χ1) is 7.81. The smallest absolute Gasteiger partial charge is 0.128 e.